The number of nitrogens with one attached hydrogen (secondary N) is 1. The molecular weight excluding hydrogens is 432 g/mol. The third-order valence-corrected chi connectivity index (χ3v) is 4.79. The van der Waals surface area contributed by atoms with Crippen LogP contribution in [0.15, 0.2) is 58.4 Å². The van der Waals surface area contributed by atoms with Crippen molar-refractivity contribution < 1.29 is 19.1 Å². The van der Waals surface area contributed by atoms with Crippen LogP contribution in [0.3, 0.4) is 0 Å². The predicted octanol–water partition coefficient (Wildman–Crippen LogP) is 4.70. The van der Waals surface area contributed by atoms with Gasteiger partial charge in [0.1, 0.15) is 5.75 Å². The summed E-state index contributed by atoms with van der Waals surface area (Å²) in [6.45, 7) is -0.339. The summed E-state index contributed by atoms with van der Waals surface area (Å²) in [6, 6.07) is 14.2. The molecule has 0 radical (unpaired) electrons. The Bertz CT molecular complexity index is 956. The molecule has 0 saturated carbocycles. The van der Waals surface area contributed by atoms with E-state index in [0.717, 1.165) is 15.9 Å². The zero-order chi connectivity index (χ0) is 19.2. The van der Waals surface area contributed by atoms with Gasteiger partial charge in [-0.05, 0) is 36.4 Å². The van der Waals surface area contributed by atoms with E-state index in [-0.39, 0.29) is 18.1 Å². The number of hydrogen-bond acceptors (Lipinski definition) is 7. The lowest BCUT2D eigenvalue weighted by molar-refractivity contribution is 0.0470. The second kappa shape index (κ2) is 8.79. The first-order chi connectivity index (χ1) is 13.0. The minimum absolute atomic E-state index is 0.151. The van der Waals surface area contributed by atoms with Crippen molar-refractivity contribution in [3.05, 3.63) is 69.6 Å². The fraction of sp³-hybridized carbons (Fsp3) is 0.105. The van der Waals surface area contributed by atoms with E-state index in [9.17, 15) is 9.59 Å². The number of anilines is 2. The first-order valence-corrected chi connectivity index (χ1v) is 9.55. The Morgan fingerprint density at radius 1 is 1.19 bits per heavy atom. The van der Waals surface area contributed by atoms with Gasteiger partial charge in [-0.3, -0.25) is 4.79 Å². The third-order valence-electron chi connectivity index (χ3n) is 3.54. The highest BCUT2D eigenvalue weighted by Gasteiger charge is 2.15. The topological polar surface area (TPSA) is 77.5 Å². The monoisotopic (exact) mass is 446 g/mol. The standard InChI is InChI=1S/C19H15BrN2O4S/c1-25-15-7-5-14(6-8-15)21-19-22-16(11-27-19)18(24)26-10-17(23)12-3-2-4-13(20)9-12/h2-9,11H,10H2,1H3,(H,21,22). The average molecular weight is 447 g/mol. The summed E-state index contributed by atoms with van der Waals surface area (Å²) < 4.78 is 11.0. The number of benzene rings is 2. The number of Topliss-reactive ketones (excluding diaryl/α,β-unsaturated/α-hetero) is 1. The van der Waals surface area contributed by atoms with Crippen LogP contribution in [-0.2, 0) is 4.74 Å². The number of esters is 1. The summed E-state index contributed by atoms with van der Waals surface area (Å²) >= 11 is 4.57. The van der Waals surface area contributed by atoms with Gasteiger partial charge in [-0.1, -0.05) is 28.1 Å². The fourth-order valence-corrected chi connectivity index (χ4v) is 3.27. The molecule has 1 N–H and O–H groups in total. The van der Waals surface area contributed by atoms with Gasteiger partial charge >= 0.3 is 5.97 Å². The van der Waals surface area contributed by atoms with Crippen LogP contribution >= 0.6 is 27.3 Å². The predicted molar refractivity (Wildman–Crippen MR) is 107 cm³/mol. The van der Waals surface area contributed by atoms with Gasteiger partial charge in [0.15, 0.2) is 23.2 Å². The van der Waals surface area contributed by atoms with Gasteiger partial charge in [0.05, 0.1) is 7.11 Å². The van der Waals surface area contributed by atoms with Crippen LogP contribution in [0.25, 0.3) is 0 Å². The van der Waals surface area contributed by atoms with E-state index in [4.69, 9.17) is 9.47 Å². The summed E-state index contributed by atoms with van der Waals surface area (Å²) in [7, 11) is 1.60. The Hall–Kier alpha value is -2.71. The van der Waals surface area contributed by atoms with Crippen LogP contribution in [0.5, 0.6) is 5.75 Å². The maximum atomic E-state index is 12.1. The molecule has 3 rings (SSSR count). The molecule has 0 spiro atoms. The number of aromatic nitrogens is 1. The number of ether oxygens (including phenoxy) is 2. The van der Waals surface area contributed by atoms with Crippen molar-refractivity contribution >= 4 is 49.8 Å². The van der Waals surface area contributed by atoms with E-state index in [1.807, 2.05) is 30.3 Å². The van der Waals surface area contributed by atoms with Crippen molar-refractivity contribution in [2.45, 2.75) is 0 Å². The first kappa shape index (κ1) is 19.1. The molecule has 0 amide bonds. The van der Waals surface area contributed by atoms with E-state index < -0.39 is 5.97 Å². The number of ketones is 1. The minimum atomic E-state index is -0.641. The average Bonchev–Trinajstić information content (AvgIpc) is 3.15. The molecule has 1 aromatic heterocycles. The Morgan fingerprint density at radius 2 is 1.96 bits per heavy atom. The van der Waals surface area contributed by atoms with Crippen molar-refractivity contribution in [2.75, 3.05) is 19.0 Å². The summed E-state index contributed by atoms with van der Waals surface area (Å²) in [5, 5.41) is 5.23. The van der Waals surface area contributed by atoms with Crippen LogP contribution in [0.1, 0.15) is 20.8 Å². The lowest BCUT2D eigenvalue weighted by Gasteiger charge is -2.04. The number of carbonyl (C=O) groups excluding carboxylic acids is 2. The molecule has 0 aliphatic carbocycles. The van der Waals surface area contributed by atoms with Gasteiger partial charge in [0, 0.05) is 21.1 Å². The number of methoxy groups -OCH3 is 1. The minimum Gasteiger partial charge on any atom is -0.497 e. The lowest BCUT2D eigenvalue weighted by Crippen LogP contribution is -2.14. The maximum absolute atomic E-state index is 12.1. The van der Waals surface area contributed by atoms with Crippen LogP contribution < -0.4 is 10.1 Å². The van der Waals surface area contributed by atoms with Gasteiger partial charge < -0.3 is 14.8 Å². The molecule has 0 bridgehead atoms. The van der Waals surface area contributed by atoms with E-state index >= 15 is 0 Å². The lowest BCUT2D eigenvalue weighted by atomic mass is 10.1. The smallest absolute Gasteiger partial charge is 0.358 e. The highest BCUT2D eigenvalue weighted by Crippen LogP contribution is 2.23. The second-order valence-corrected chi connectivity index (χ2v) is 7.17. The van der Waals surface area contributed by atoms with Crippen molar-refractivity contribution in [3.63, 3.8) is 0 Å². The third kappa shape index (κ3) is 5.15. The van der Waals surface area contributed by atoms with Crippen molar-refractivity contribution in [2.24, 2.45) is 0 Å². The number of halogens is 1. The van der Waals surface area contributed by atoms with Crippen LogP contribution in [0.2, 0.25) is 0 Å². The molecule has 138 valence electrons. The van der Waals surface area contributed by atoms with E-state index in [0.29, 0.717) is 10.7 Å². The van der Waals surface area contributed by atoms with Gasteiger partial charge in [-0.25, -0.2) is 9.78 Å². The summed E-state index contributed by atoms with van der Waals surface area (Å²) in [4.78, 5) is 28.4. The Labute approximate surface area is 168 Å². The zero-order valence-electron chi connectivity index (χ0n) is 14.3. The number of thiazole rings is 1. The highest BCUT2D eigenvalue weighted by molar-refractivity contribution is 9.10. The molecule has 0 aliphatic heterocycles. The molecular formula is C19H15BrN2O4S. The van der Waals surface area contributed by atoms with Crippen LogP contribution in [0.4, 0.5) is 10.8 Å². The summed E-state index contributed by atoms with van der Waals surface area (Å²) in [5.74, 6) is -0.173. The SMILES string of the molecule is COc1ccc(Nc2nc(C(=O)OCC(=O)c3cccc(Br)c3)cs2)cc1. The van der Waals surface area contributed by atoms with E-state index in [2.05, 4.69) is 26.2 Å². The Morgan fingerprint density at radius 3 is 2.67 bits per heavy atom. The molecule has 0 aliphatic rings. The summed E-state index contributed by atoms with van der Waals surface area (Å²) in [6.07, 6.45) is 0. The Balaban J connectivity index is 1.57. The molecule has 0 unspecified atom stereocenters. The molecule has 2 aromatic carbocycles. The van der Waals surface area contributed by atoms with E-state index in [1.54, 1.807) is 30.7 Å². The van der Waals surface area contributed by atoms with Crippen molar-refractivity contribution in [3.8, 4) is 5.75 Å². The molecule has 6 nitrogen and oxygen atoms in total. The van der Waals surface area contributed by atoms with Gasteiger partial charge in [0.25, 0.3) is 0 Å². The molecule has 0 fully saturated rings. The fourth-order valence-electron chi connectivity index (χ4n) is 2.17. The molecule has 1 heterocycles. The highest BCUT2D eigenvalue weighted by atomic mass is 79.9. The largest absolute Gasteiger partial charge is 0.497 e. The Kier molecular flexibility index (Phi) is 6.20. The van der Waals surface area contributed by atoms with Crippen molar-refractivity contribution in [1.29, 1.82) is 0 Å². The van der Waals surface area contributed by atoms with Gasteiger partial charge in [0.2, 0.25) is 0 Å². The van der Waals surface area contributed by atoms with E-state index in [1.165, 1.54) is 11.3 Å². The number of rotatable bonds is 7. The quantitative estimate of drug-likeness (QED) is 0.418. The molecule has 0 saturated heterocycles. The number of nitrogens with zero attached hydrogens (tertiary/aromatic N) is 1. The molecule has 8 heteroatoms. The van der Waals surface area contributed by atoms with Crippen LogP contribution in [-0.4, -0.2) is 30.5 Å². The number of carbonyl (C=O) groups is 2. The molecule has 0 atom stereocenters. The van der Waals surface area contributed by atoms with Gasteiger partial charge in [-0.2, -0.15) is 0 Å². The molecule has 3 aromatic rings. The maximum Gasteiger partial charge on any atom is 0.358 e. The zero-order valence-corrected chi connectivity index (χ0v) is 16.7. The normalized spacial score (nSPS) is 10.3. The first-order valence-electron chi connectivity index (χ1n) is 7.87. The molecule has 27 heavy (non-hydrogen) atoms. The van der Waals surface area contributed by atoms with Crippen LogP contribution in [0, 0.1) is 0 Å². The second-order valence-electron chi connectivity index (χ2n) is 5.40. The summed E-state index contributed by atoms with van der Waals surface area (Å²) in [5.41, 5.74) is 1.44. The number of hydrogen-bond donors (Lipinski definition) is 1. The van der Waals surface area contributed by atoms with Crippen molar-refractivity contribution in [1.82, 2.24) is 4.98 Å². The van der Waals surface area contributed by atoms with Gasteiger partial charge in [-0.15, -0.1) is 11.3 Å².